The van der Waals surface area contributed by atoms with Crippen molar-refractivity contribution in [3.8, 4) is 5.75 Å². The van der Waals surface area contributed by atoms with Crippen molar-refractivity contribution in [2.24, 2.45) is 0 Å². The van der Waals surface area contributed by atoms with Crippen LogP contribution in [0.25, 0.3) is 0 Å². The van der Waals surface area contributed by atoms with Crippen molar-refractivity contribution >= 4 is 5.91 Å². The molecule has 0 spiro atoms. The zero-order valence-corrected chi connectivity index (χ0v) is 10.7. The first kappa shape index (κ1) is 13.3. The Morgan fingerprint density at radius 3 is 2.68 bits per heavy atom. The molecule has 0 aliphatic carbocycles. The zero-order valence-electron chi connectivity index (χ0n) is 10.7. The molecule has 6 nitrogen and oxygen atoms in total. The minimum Gasteiger partial charge on any atom is -0.494 e. The van der Waals surface area contributed by atoms with Crippen molar-refractivity contribution in [3.63, 3.8) is 0 Å². The fourth-order valence-electron chi connectivity index (χ4n) is 2.26. The van der Waals surface area contributed by atoms with E-state index < -0.39 is 12.1 Å². The Hall–Kier alpha value is -2.11. The normalized spacial score (nSPS) is 22.7. The number of benzene rings is 1. The maximum Gasteiger partial charge on any atom is 0.237 e. The third kappa shape index (κ3) is 3.01. The van der Waals surface area contributed by atoms with E-state index in [-0.39, 0.29) is 23.7 Å². The molecular formula is C13H16N2O4. The summed E-state index contributed by atoms with van der Waals surface area (Å²) in [6, 6.07) is 5.71. The van der Waals surface area contributed by atoms with Crippen LogP contribution >= 0.6 is 0 Å². The highest BCUT2D eigenvalue weighted by Gasteiger charge is 2.37. The molecule has 1 amide bonds. The summed E-state index contributed by atoms with van der Waals surface area (Å²) in [6.45, 7) is 2.45. The van der Waals surface area contributed by atoms with Gasteiger partial charge in [-0.05, 0) is 24.6 Å². The molecular weight excluding hydrogens is 248 g/mol. The number of nitrogens with one attached hydrogen (secondary N) is 1. The molecule has 1 N–H and O–H groups in total. The number of ether oxygens (including phenoxy) is 1. The third-order valence-electron chi connectivity index (χ3n) is 3.19. The van der Waals surface area contributed by atoms with Gasteiger partial charge in [-0.25, -0.2) is 0 Å². The fourth-order valence-corrected chi connectivity index (χ4v) is 2.26. The Labute approximate surface area is 110 Å². The van der Waals surface area contributed by atoms with E-state index in [9.17, 15) is 14.9 Å². The summed E-state index contributed by atoms with van der Waals surface area (Å²) in [5, 5.41) is 13.7. The van der Waals surface area contributed by atoms with Crippen LogP contribution in [0.2, 0.25) is 0 Å². The lowest BCUT2D eigenvalue weighted by Crippen LogP contribution is -2.45. The van der Waals surface area contributed by atoms with Gasteiger partial charge in [0.25, 0.3) is 0 Å². The van der Waals surface area contributed by atoms with Crippen molar-refractivity contribution in [3.05, 3.63) is 39.9 Å². The Balaban J connectivity index is 2.21. The van der Waals surface area contributed by atoms with Crippen LogP contribution in [-0.4, -0.2) is 23.5 Å². The van der Waals surface area contributed by atoms with Gasteiger partial charge in [0.15, 0.2) is 0 Å². The predicted molar refractivity (Wildman–Crippen MR) is 68.5 cm³/mol. The van der Waals surface area contributed by atoms with Gasteiger partial charge in [0.1, 0.15) is 11.8 Å². The quantitative estimate of drug-likeness (QED) is 0.662. The van der Waals surface area contributed by atoms with Gasteiger partial charge in [-0.2, -0.15) is 0 Å². The van der Waals surface area contributed by atoms with E-state index in [1.54, 1.807) is 24.3 Å². The van der Waals surface area contributed by atoms with Crippen LogP contribution in [0, 0.1) is 10.1 Å². The van der Waals surface area contributed by atoms with E-state index in [0.29, 0.717) is 12.4 Å². The lowest BCUT2D eigenvalue weighted by Gasteiger charge is -2.26. The van der Waals surface area contributed by atoms with Gasteiger partial charge in [0.05, 0.1) is 6.61 Å². The van der Waals surface area contributed by atoms with Crippen LogP contribution in [0.15, 0.2) is 24.3 Å². The lowest BCUT2D eigenvalue weighted by molar-refractivity contribution is -0.529. The standard InChI is InChI=1S/C13H16N2O4/c1-2-19-10-5-3-9(4-6-10)13-11(15(17)18)7-8-12(16)14-13/h3-6,11,13H,2,7-8H2,1H3,(H,14,16)/t11-,13-/m0/s1. The first-order valence-corrected chi connectivity index (χ1v) is 6.27. The Kier molecular flexibility index (Phi) is 3.99. The molecule has 1 fully saturated rings. The van der Waals surface area contributed by atoms with E-state index in [1.165, 1.54) is 0 Å². The number of carbonyl (C=O) groups excluding carboxylic acids is 1. The van der Waals surface area contributed by atoms with E-state index in [2.05, 4.69) is 5.32 Å². The summed E-state index contributed by atoms with van der Waals surface area (Å²) >= 11 is 0. The highest BCUT2D eigenvalue weighted by atomic mass is 16.6. The van der Waals surface area contributed by atoms with E-state index in [1.807, 2.05) is 6.92 Å². The van der Waals surface area contributed by atoms with Gasteiger partial charge < -0.3 is 10.1 Å². The van der Waals surface area contributed by atoms with Gasteiger partial charge in [-0.15, -0.1) is 0 Å². The SMILES string of the molecule is CCOc1ccc([C@@H]2NC(=O)CC[C@@H]2[N+](=O)[O-])cc1. The molecule has 0 unspecified atom stereocenters. The van der Waals surface area contributed by atoms with Crippen LogP contribution in [0.4, 0.5) is 0 Å². The molecule has 102 valence electrons. The van der Waals surface area contributed by atoms with Crippen LogP contribution in [-0.2, 0) is 4.79 Å². The average Bonchev–Trinajstić information content (AvgIpc) is 2.39. The van der Waals surface area contributed by atoms with Crippen LogP contribution in [0.5, 0.6) is 5.75 Å². The number of nitro groups is 1. The molecule has 2 rings (SSSR count). The first-order valence-electron chi connectivity index (χ1n) is 6.27. The summed E-state index contributed by atoms with van der Waals surface area (Å²) in [4.78, 5) is 22.2. The topological polar surface area (TPSA) is 81.5 Å². The van der Waals surface area contributed by atoms with Crippen LogP contribution < -0.4 is 10.1 Å². The lowest BCUT2D eigenvalue weighted by atomic mass is 9.92. The summed E-state index contributed by atoms with van der Waals surface area (Å²) in [7, 11) is 0. The second-order valence-corrected chi connectivity index (χ2v) is 4.44. The van der Waals surface area contributed by atoms with E-state index in [4.69, 9.17) is 4.74 Å². The molecule has 0 bridgehead atoms. The Bertz CT molecular complexity index is 472. The second kappa shape index (κ2) is 5.69. The minimum absolute atomic E-state index is 0.142. The third-order valence-corrected chi connectivity index (χ3v) is 3.19. The first-order chi connectivity index (χ1) is 9.11. The average molecular weight is 264 g/mol. The van der Waals surface area contributed by atoms with Gasteiger partial charge in [0, 0.05) is 17.8 Å². The van der Waals surface area contributed by atoms with E-state index in [0.717, 1.165) is 5.56 Å². The van der Waals surface area contributed by atoms with Gasteiger partial charge in [0.2, 0.25) is 11.9 Å². The number of hydrogen-bond donors (Lipinski definition) is 1. The molecule has 0 saturated carbocycles. The van der Waals surface area contributed by atoms with Crippen LogP contribution in [0.3, 0.4) is 0 Å². The molecule has 1 saturated heterocycles. The Morgan fingerprint density at radius 1 is 1.42 bits per heavy atom. The van der Waals surface area contributed by atoms with Crippen molar-refractivity contribution in [1.82, 2.24) is 5.32 Å². The molecule has 1 aliphatic heterocycles. The summed E-state index contributed by atoms with van der Waals surface area (Å²) < 4.78 is 5.32. The van der Waals surface area contributed by atoms with Crippen molar-refractivity contribution < 1.29 is 14.5 Å². The maximum atomic E-state index is 11.4. The minimum atomic E-state index is -0.768. The zero-order chi connectivity index (χ0) is 13.8. The highest BCUT2D eigenvalue weighted by molar-refractivity contribution is 5.77. The molecule has 1 aromatic rings. The van der Waals surface area contributed by atoms with Gasteiger partial charge in [-0.3, -0.25) is 14.9 Å². The molecule has 1 aromatic carbocycles. The maximum absolute atomic E-state index is 11.4. The van der Waals surface area contributed by atoms with Gasteiger partial charge in [-0.1, -0.05) is 12.1 Å². The summed E-state index contributed by atoms with van der Waals surface area (Å²) in [5.74, 6) is 0.572. The predicted octanol–water partition coefficient (Wildman–Crippen LogP) is 1.68. The largest absolute Gasteiger partial charge is 0.494 e. The molecule has 6 heteroatoms. The number of piperidine rings is 1. The van der Waals surface area contributed by atoms with Crippen LogP contribution in [0.1, 0.15) is 31.4 Å². The molecule has 1 heterocycles. The second-order valence-electron chi connectivity index (χ2n) is 4.44. The smallest absolute Gasteiger partial charge is 0.237 e. The highest BCUT2D eigenvalue weighted by Crippen LogP contribution is 2.27. The number of nitrogens with zero attached hydrogens (tertiary/aromatic N) is 1. The van der Waals surface area contributed by atoms with E-state index >= 15 is 0 Å². The number of hydrogen-bond acceptors (Lipinski definition) is 4. The fraction of sp³-hybridized carbons (Fsp3) is 0.462. The van der Waals surface area contributed by atoms with Crippen molar-refractivity contribution in [1.29, 1.82) is 0 Å². The molecule has 2 atom stereocenters. The van der Waals surface area contributed by atoms with Gasteiger partial charge >= 0.3 is 0 Å². The number of carbonyl (C=O) groups is 1. The van der Waals surface area contributed by atoms with Crippen molar-refractivity contribution in [2.45, 2.75) is 31.8 Å². The molecule has 19 heavy (non-hydrogen) atoms. The number of amides is 1. The molecule has 1 aliphatic rings. The molecule has 0 aromatic heterocycles. The Morgan fingerprint density at radius 2 is 2.11 bits per heavy atom. The van der Waals surface area contributed by atoms with Crippen molar-refractivity contribution in [2.75, 3.05) is 6.61 Å². The summed E-state index contributed by atoms with van der Waals surface area (Å²) in [5.41, 5.74) is 0.734. The monoisotopic (exact) mass is 264 g/mol. The number of rotatable bonds is 4. The summed E-state index contributed by atoms with van der Waals surface area (Å²) in [6.07, 6.45) is 0.482. The molecule has 0 radical (unpaired) electrons.